The zero-order valence-electron chi connectivity index (χ0n) is 15.5. The van der Waals surface area contributed by atoms with E-state index in [1.54, 1.807) is 11.8 Å². The predicted molar refractivity (Wildman–Crippen MR) is 103 cm³/mol. The molecule has 2 fully saturated rings. The average molecular weight is 388 g/mol. The Labute approximate surface area is 163 Å². The highest BCUT2D eigenvalue weighted by Crippen LogP contribution is 2.38. The van der Waals surface area contributed by atoms with E-state index in [4.69, 9.17) is 0 Å². The van der Waals surface area contributed by atoms with Gasteiger partial charge in [0.2, 0.25) is 5.91 Å². The zero-order chi connectivity index (χ0) is 19.0. The third-order valence-electron chi connectivity index (χ3n) is 6.10. The highest BCUT2D eigenvalue weighted by Gasteiger charge is 2.55. The number of imide groups is 1. The third kappa shape index (κ3) is 3.22. The Bertz CT molecular complexity index is 783. The molecule has 0 aromatic heterocycles. The van der Waals surface area contributed by atoms with Crippen molar-refractivity contribution >= 4 is 29.6 Å². The third-order valence-corrected chi connectivity index (χ3v) is 7.22. The summed E-state index contributed by atoms with van der Waals surface area (Å²) >= 11 is 1.79. The first-order valence-corrected chi connectivity index (χ1v) is 10.6. The number of fused-ring (bicyclic) bond motifs is 1. The first-order chi connectivity index (χ1) is 13.0. The second-order valence-electron chi connectivity index (χ2n) is 7.73. The maximum Gasteiger partial charge on any atom is 0.325 e. The fourth-order valence-electron chi connectivity index (χ4n) is 4.51. The standard InChI is InChI=1S/C20H25N3O3S/c1-13-6-4-5-10-20(13)18(25)23(19(26)22-20)12-17(24)21-15-9-11-27-16-8-3-2-7-14(15)16/h2-3,7-8,13,15H,4-6,9-12H2,1H3,(H,21,24)(H,22,26)/t13-,15+,20+/m1/s1. The molecule has 4 rings (SSSR count). The molecule has 1 saturated heterocycles. The maximum absolute atomic E-state index is 13.0. The van der Waals surface area contributed by atoms with E-state index in [2.05, 4.69) is 16.7 Å². The van der Waals surface area contributed by atoms with E-state index in [1.165, 1.54) is 4.90 Å². The molecule has 1 aromatic carbocycles. The largest absolute Gasteiger partial charge is 0.348 e. The van der Waals surface area contributed by atoms with Gasteiger partial charge in [0.25, 0.3) is 5.91 Å². The molecule has 4 amide bonds. The van der Waals surface area contributed by atoms with Gasteiger partial charge in [-0.25, -0.2) is 4.79 Å². The normalized spacial score (nSPS) is 30.2. The van der Waals surface area contributed by atoms with Crippen molar-refractivity contribution < 1.29 is 14.4 Å². The van der Waals surface area contributed by atoms with E-state index in [-0.39, 0.29) is 30.3 Å². The van der Waals surface area contributed by atoms with Gasteiger partial charge < -0.3 is 10.6 Å². The fourth-order valence-corrected chi connectivity index (χ4v) is 5.64. The Morgan fingerprint density at radius 1 is 1.30 bits per heavy atom. The minimum atomic E-state index is -0.816. The molecule has 1 spiro atoms. The first kappa shape index (κ1) is 18.3. The van der Waals surface area contributed by atoms with E-state index in [1.807, 2.05) is 25.1 Å². The molecule has 2 heterocycles. The molecular formula is C20H25N3O3S. The van der Waals surface area contributed by atoms with Crippen LogP contribution in [-0.2, 0) is 9.59 Å². The number of hydrogen-bond donors (Lipinski definition) is 2. The number of benzene rings is 1. The van der Waals surface area contributed by atoms with E-state index >= 15 is 0 Å². The minimum Gasteiger partial charge on any atom is -0.348 e. The number of nitrogens with zero attached hydrogens (tertiary/aromatic N) is 1. The summed E-state index contributed by atoms with van der Waals surface area (Å²) in [5.41, 5.74) is 0.292. The summed E-state index contributed by atoms with van der Waals surface area (Å²) in [6.45, 7) is 1.79. The fraction of sp³-hybridized carbons (Fsp3) is 0.550. The van der Waals surface area contributed by atoms with Gasteiger partial charge in [-0.15, -0.1) is 11.8 Å². The van der Waals surface area contributed by atoms with Crippen LogP contribution in [0.25, 0.3) is 0 Å². The summed E-state index contributed by atoms with van der Waals surface area (Å²) in [5, 5.41) is 5.92. The highest BCUT2D eigenvalue weighted by molar-refractivity contribution is 7.99. The summed E-state index contributed by atoms with van der Waals surface area (Å²) in [6, 6.07) is 7.54. The van der Waals surface area contributed by atoms with E-state index in [9.17, 15) is 14.4 Å². The number of urea groups is 1. The molecule has 0 unspecified atom stereocenters. The molecule has 1 aliphatic carbocycles. The Morgan fingerprint density at radius 2 is 2.11 bits per heavy atom. The average Bonchev–Trinajstić information content (AvgIpc) is 2.89. The summed E-state index contributed by atoms with van der Waals surface area (Å²) in [7, 11) is 0. The number of amides is 4. The summed E-state index contributed by atoms with van der Waals surface area (Å²) in [6.07, 6.45) is 4.42. The van der Waals surface area contributed by atoms with Gasteiger partial charge in [0, 0.05) is 10.6 Å². The maximum atomic E-state index is 13.0. The van der Waals surface area contributed by atoms with Crippen LogP contribution in [0.15, 0.2) is 29.2 Å². The van der Waals surface area contributed by atoms with Gasteiger partial charge in [0.1, 0.15) is 12.1 Å². The molecule has 1 saturated carbocycles. The molecular weight excluding hydrogens is 362 g/mol. The van der Waals surface area contributed by atoms with Crippen LogP contribution in [0.4, 0.5) is 4.79 Å². The molecule has 0 radical (unpaired) electrons. The van der Waals surface area contributed by atoms with Crippen LogP contribution < -0.4 is 10.6 Å². The molecule has 0 bridgehead atoms. The van der Waals surface area contributed by atoms with Crippen molar-refractivity contribution in [3.63, 3.8) is 0 Å². The van der Waals surface area contributed by atoms with Gasteiger partial charge in [-0.05, 0) is 36.8 Å². The van der Waals surface area contributed by atoms with Crippen LogP contribution >= 0.6 is 11.8 Å². The Balaban J connectivity index is 1.44. The first-order valence-electron chi connectivity index (χ1n) is 9.66. The van der Waals surface area contributed by atoms with Gasteiger partial charge in [-0.3, -0.25) is 14.5 Å². The van der Waals surface area contributed by atoms with E-state index in [0.29, 0.717) is 6.42 Å². The molecule has 1 aromatic rings. The van der Waals surface area contributed by atoms with Crippen LogP contribution in [0.5, 0.6) is 0 Å². The molecule has 3 aliphatic rings. The van der Waals surface area contributed by atoms with E-state index < -0.39 is 11.6 Å². The van der Waals surface area contributed by atoms with Gasteiger partial charge >= 0.3 is 6.03 Å². The monoisotopic (exact) mass is 387 g/mol. The second kappa shape index (κ2) is 7.19. The Kier molecular flexibility index (Phi) is 4.88. The molecule has 27 heavy (non-hydrogen) atoms. The molecule has 7 heteroatoms. The van der Waals surface area contributed by atoms with Crippen molar-refractivity contribution in [2.75, 3.05) is 12.3 Å². The van der Waals surface area contributed by atoms with Crippen molar-refractivity contribution in [1.29, 1.82) is 0 Å². The van der Waals surface area contributed by atoms with Crippen molar-refractivity contribution in [3.8, 4) is 0 Å². The number of nitrogens with one attached hydrogen (secondary N) is 2. The number of rotatable bonds is 3. The lowest BCUT2D eigenvalue weighted by atomic mass is 9.73. The topological polar surface area (TPSA) is 78.5 Å². The summed E-state index contributed by atoms with van der Waals surface area (Å²) in [5.74, 6) is 0.504. The quantitative estimate of drug-likeness (QED) is 0.782. The van der Waals surface area contributed by atoms with E-state index in [0.717, 1.165) is 41.9 Å². The number of carbonyl (C=O) groups is 3. The summed E-state index contributed by atoms with van der Waals surface area (Å²) in [4.78, 5) is 40.3. The molecule has 144 valence electrons. The van der Waals surface area contributed by atoms with Gasteiger partial charge in [-0.2, -0.15) is 0 Å². The molecule has 2 aliphatic heterocycles. The Morgan fingerprint density at radius 3 is 2.93 bits per heavy atom. The summed E-state index contributed by atoms with van der Waals surface area (Å²) < 4.78 is 0. The SMILES string of the molecule is C[C@@H]1CCCC[C@]12NC(=O)N(CC(=O)N[C@H]1CCSc3ccccc31)C2=O. The Hall–Kier alpha value is -2.02. The number of carbonyl (C=O) groups excluding carboxylic acids is 3. The molecule has 3 atom stereocenters. The highest BCUT2D eigenvalue weighted by atomic mass is 32.2. The zero-order valence-corrected chi connectivity index (χ0v) is 16.3. The van der Waals surface area contributed by atoms with Crippen molar-refractivity contribution in [2.24, 2.45) is 5.92 Å². The predicted octanol–water partition coefficient (Wildman–Crippen LogP) is 2.84. The second-order valence-corrected chi connectivity index (χ2v) is 8.87. The van der Waals surface area contributed by atoms with Gasteiger partial charge in [-0.1, -0.05) is 38.0 Å². The lowest BCUT2D eigenvalue weighted by Gasteiger charge is -2.36. The van der Waals surface area contributed by atoms with Gasteiger partial charge in [0.05, 0.1) is 6.04 Å². The van der Waals surface area contributed by atoms with Crippen LogP contribution in [0.2, 0.25) is 0 Å². The minimum absolute atomic E-state index is 0.0710. The van der Waals surface area contributed by atoms with Crippen LogP contribution in [-0.4, -0.2) is 40.6 Å². The molecule has 2 N–H and O–H groups in total. The smallest absolute Gasteiger partial charge is 0.325 e. The van der Waals surface area contributed by atoms with Crippen LogP contribution in [0.1, 0.15) is 50.6 Å². The van der Waals surface area contributed by atoms with Crippen molar-refractivity contribution in [2.45, 2.75) is 55.5 Å². The van der Waals surface area contributed by atoms with Crippen LogP contribution in [0, 0.1) is 5.92 Å². The van der Waals surface area contributed by atoms with Crippen molar-refractivity contribution in [1.82, 2.24) is 15.5 Å². The number of hydrogen-bond acceptors (Lipinski definition) is 4. The lowest BCUT2D eigenvalue weighted by molar-refractivity contribution is -0.137. The lowest BCUT2D eigenvalue weighted by Crippen LogP contribution is -2.54. The number of thioether (sulfide) groups is 1. The molecule has 6 nitrogen and oxygen atoms in total. The van der Waals surface area contributed by atoms with Gasteiger partial charge in [0.15, 0.2) is 0 Å². The van der Waals surface area contributed by atoms with Crippen LogP contribution in [0.3, 0.4) is 0 Å². The van der Waals surface area contributed by atoms with Crippen molar-refractivity contribution in [3.05, 3.63) is 29.8 Å².